The Bertz CT molecular complexity index is 801. The zero-order valence-corrected chi connectivity index (χ0v) is 12.0. The maximum Gasteiger partial charge on any atom is 0.161 e. The van der Waals surface area contributed by atoms with Crippen LogP contribution in [0.3, 0.4) is 0 Å². The lowest BCUT2D eigenvalue weighted by Crippen LogP contribution is -1.94. The molecule has 100 valence electrons. The molecule has 0 radical (unpaired) electrons. The third kappa shape index (κ3) is 2.23. The normalized spacial score (nSPS) is 11.0. The Morgan fingerprint density at radius 2 is 1.65 bits per heavy atom. The summed E-state index contributed by atoms with van der Waals surface area (Å²) in [6, 6.07) is 10.3. The molecule has 0 aliphatic rings. The molecule has 5 heteroatoms. The first-order chi connectivity index (χ1) is 9.56. The van der Waals surface area contributed by atoms with Gasteiger partial charge in [0, 0.05) is 5.56 Å². The molecule has 0 aliphatic heterocycles. The number of aryl methyl sites for hydroxylation is 1. The summed E-state index contributed by atoms with van der Waals surface area (Å²) in [7, 11) is 0. The summed E-state index contributed by atoms with van der Waals surface area (Å²) >= 11 is 12.1. The van der Waals surface area contributed by atoms with Gasteiger partial charge in [-0.15, -0.1) is 0 Å². The molecule has 0 amide bonds. The van der Waals surface area contributed by atoms with E-state index in [-0.39, 0.29) is 10.7 Å². The van der Waals surface area contributed by atoms with Crippen LogP contribution in [0.1, 0.15) is 5.56 Å². The van der Waals surface area contributed by atoms with Crippen molar-refractivity contribution in [2.75, 3.05) is 0 Å². The second-order valence-electron chi connectivity index (χ2n) is 4.46. The van der Waals surface area contributed by atoms with E-state index in [1.807, 2.05) is 31.2 Å². The minimum absolute atomic E-state index is 0.132. The Morgan fingerprint density at radius 1 is 0.950 bits per heavy atom. The van der Waals surface area contributed by atoms with Crippen LogP contribution in [-0.4, -0.2) is 9.97 Å². The average Bonchev–Trinajstić information content (AvgIpc) is 2.43. The summed E-state index contributed by atoms with van der Waals surface area (Å²) in [5, 5.41) is 0.820. The van der Waals surface area contributed by atoms with Gasteiger partial charge in [0.15, 0.2) is 5.82 Å². The highest BCUT2D eigenvalue weighted by molar-refractivity contribution is 6.41. The van der Waals surface area contributed by atoms with E-state index >= 15 is 0 Å². The van der Waals surface area contributed by atoms with Crippen molar-refractivity contribution >= 4 is 34.1 Å². The van der Waals surface area contributed by atoms with Crippen molar-refractivity contribution in [2.24, 2.45) is 0 Å². The predicted octanol–water partition coefficient (Wildman–Crippen LogP) is 5.05. The van der Waals surface area contributed by atoms with Crippen LogP contribution < -0.4 is 0 Å². The van der Waals surface area contributed by atoms with Gasteiger partial charge in [0.25, 0.3) is 0 Å². The molecular weight excluding hydrogens is 298 g/mol. The number of nitrogens with zero attached hydrogens (tertiary/aromatic N) is 2. The topological polar surface area (TPSA) is 25.8 Å². The highest BCUT2D eigenvalue weighted by Crippen LogP contribution is 2.31. The standard InChI is InChI=1S/C15H9Cl2FN2/c1-8-2-4-9(5-3-8)15-19-13-11(18)7-6-10(16)12(13)14(17)20-15/h2-7H,1H3. The third-order valence-corrected chi connectivity index (χ3v) is 3.60. The monoisotopic (exact) mass is 306 g/mol. The maximum atomic E-state index is 13.9. The molecule has 3 aromatic rings. The van der Waals surface area contributed by atoms with Gasteiger partial charge in [0.05, 0.1) is 10.4 Å². The zero-order chi connectivity index (χ0) is 14.3. The molecule has 0 bridgehead atoms. The van der Waals surface area contributed by atoms with E-state index in [0.717, 1.165) is 11.1 Å². The van der Waals surface area contributed by atoms with Crippen LogP contribution in [-0.2, 0) is 0 Å². The summed E-state index contributed by atoms with van der Waals surface area (Å²) in [6.07, 6.45) is 0. The lowest BCUT2D eigenvalue weighted by atomic mass is 10.1. The highest BCUT2D eigenvalue weighted by atomic mass is 35.5. The maximum absolute atomic E-state index is 13.9. The summed E-state index contributed by atoms with van der Waals surface area (Å²) in [5.74, 6) is -0.0919. The molecule has 0 unspecified atom stereocenters. The van der Waals surface area contributed by atoms with Gasteiger partial charge in [-0.25, -0.2) is 14.4 Å². The van der Waals surface area contributed by atoms with E-state index in [0.29, 0.717) is 16.2 Å². The van der Waals surface area contributed by atoms with Crippen molar-refractivity contribution < 1.29 is 4.39 Å². The minimum Gasteiger partial charge on any atom is -0.225 e. The quantitative estimate of drug-likeness (QED) is 0.588. The Hall–Kier alpha value is -1.71. The fourth-order valence-corrected chi connectivity index (χ4v) is 2.52. The molecule has 0 spiro atoms. The number of hydrogen-bond acceptors (Lipinski definition) is 2. The summed E-state index contributed by atoms with van der Waals surface area (Å²) in [6.45, 7) is 1.98. The summed E-state index contributed by atoms with van der Waals surface area (Å²) < 4.78 is 13.9. The SMILES string of the molecule is Cc1ccc(-c2nc(Cl)c3c(Cl)ccc(F)c3n2)cc1. The van der Waals surface area contributed by atoms with E-state index in [4.69, 9.17) is 23.2 Å². The van der Waals surface area contributed by atoms with E-state index in [1.165, 1.54) is 12.1 Å². The average molecular weight is 307 g/mol. The van der Waals surface area contributed by atoms with Crippen molar-refractivity contribution in [1.82, 2.24) is 9.97 Å². The molecule has 0 N–H and O–H groups in total. The summed E-state index contributed by atoms with van der Waals surface area (Å²) in [5.41, 5.74) is 2.03. The van der Waals surface area contributed by atoms with Crippen molar-refractivity contribution in [3.63, 3.8) is 0 Å². The van der Waals surface area contributed by atoms with Gasteiger partial charge in [0.2, 0.25) is 0 Å². The number of benzene rings is 2. The van der Waals surface area contributed by atoms with E-state index in [1.54, 1.807) is 0 Å². The van der Waals surface area contributed by atoms with E-state index in [2.05, 4.69) is 9.97 Å². The first kappa shape index (κ1) is 13.3. The molecule has 0 saturated carbocycles. The lowest BCUT2D eigenvalue weighted by molar-refractivity contribution is 0.636. The first-order valence-corrected chi connectivity index (χ1v) is 6.70. The van der Waals surface area contributed by atoms with Crippen LogP contribution in [0.5, 0.6) is 0 Å². The van der Waals surface area contributed by atoms with Crippen LogP contribution in [0.4, 0.5) is 4.39 Å². The Morgan fingerprint density at radius 3 is 2.35 bits per heavy atom. The summed E-state index contributed by atoms with van der Waals surface area (Å²) in [4.78, 5) is 8.45. The van der Waals surface area contributed by atoms with Crippen molar-refractivity contribution in [3.8, 4) is 11.4 Å². The molecule has 1 aromatic heterocycles. The third-order valence-electron chi connectivity index (χ3n) is 3.02. The van der Waals surface area contributed by atoms with Crippen LogP contribution in [0, 0.1) is 12.7 Å². The molecule has 3 rings (SSSR count). The van der Waals surface area contributed by atoms with Gasteiger partial charge in [-0.1, -0.05) is 53.0 Å². The molecular formula is C15H9Cl2FN2. The van der Waals surface area contributed by atoms with E-state index in [9.17, 15) is 4.39 Å². The largest absolute Gasteiger partial charge is 0.225 e. The van der Waals surface area contributed by atoms with Gasteiger partial charge in [-0.3, -0.25) is 0 Å². The predicted molar refractivity (Wildman–Crippen MR) is 79.7 cm³/mol. The molecule has 20 heavy (non-hydrogen) atoms. The molecule has 2 nitrogen and oxygen atoms in total. The molecule has 0 atom stereocenters. The van der Waals surface area contributed by atoms with Crippen LogP contribution in [0.15, 0.2) is 36.4 Å². The lowest BCUT2D eigenvalue weighted by Gasteiger charge is -2.07. The fourth-order valence-electron chi connectivity index (χ4n) is 1.96. The number of halogens is 3. The Balaban J connectivity index is 2.29. The molecule has 0 saturated heterocycles. The van der Waals surface area contributed by atoms with Crippen molar-refractivity contribution in [3.05, 3.63) is 58.0 Å². The number of aromatic nitrogens is 2. The van der Waals surface area contributed by atoms with Gasteiger partial charge >= 0.3 is 0 Å². The molecule has 0 aliphatic carbocycles. The van der Waals surface area contributed by atoms with Crippen LogP contribution >= 0.6 is 23.2 Å². The van der Waals surface area contributed by atoms with Crippen molar-refractivity contribution in [2.45, 2.75) is 6.92 Å². The van der Waals surface area contributed by atoms with Gasteiger partial charge in [0.1, 0.15) is 16.5 Å². The second kappa shape index (κ2) is 5.00. The Labute approximate surface area is 125 Å². The first-order valence-electron chi connectivity index (χ1n) is 5.94. The van der Waals surface area contributed by atoms with Crippen LogP contribution in [0.25, 0.3) is 22.3 Å². The molecule has 0 fully saturated rings. The van der Waals surface area contributed by atoms with Gasteiger partial charge < -0.3 is 0 Å². The second-order valence-corrected chi connectivity index (χ2v) is 5.22. The number of fused-ring (bicyclic) bond motifs is 1. The van der Waals surface area contributed by atoms with Crippen molar-refractivity contribution in [1.29, 1.82) is 0 Å². The number of rotatable bonds is 1. The van der Waals surface area contributed by atoms with Gasteiger partial charge in [-0.05, 0) is 19.1 Å². The van der Waals surface area contributed by atoms with Gasteiger partial charge in [-0.2, -0.15) is 0 Å². The molecule has 2 aromatic carbocycles. The minimum atomic E-state index is -0.470. The highest BCUT2D eigenvalue weighted by Gasteiger charge is 2.14. The smallest absolute Gasteiger partial charge is 0.161 e. The number of hydrogen-bond donors (Lipinski definition) is 0. The van der Waals surface area contributed by atoms with E-state index < -0.39 is 5.82 Å². The zero-order valence-electron chi connectivity index (χ0n) is 10.5. The van der Waals surface area contributed by atoms with Crippen LogP contribution in [0.2, 0.25) is 10.2 Å². The molecule has 1 heterocycles. The Kier molecular flexibility index (Phi) is 3.32. The fraction of sp³-hybridized carbons (Fsp3) is 0.0667.